The molecule has 1 amide bonds. The number of aromatic nitrogens is 4. The minimum absolute atomic E-state index is 0.0623. The lowest BCUT2D eigenvalue weighted by Gasteiger charge is -2.27. The van der Waals surface area contributed by atoms with E-state index >= 15 is 0 Å². The smallest absolute Gasteiger partial charge is 0.418 e. The number of rotatable bonds is 4. The first-order valence-corrected chi connectivity index (χ1v) is 10.4. The maximum atomic E-state index is 14.2. The number of alkyl halides is 6. The first-order valence-electron chi connectivity index (χ1n) is 10.4. The van der Waals surface area contributed by atoms with Crippen molar-refractivity contribution in [3.05, 3.63) is 77.9 Å². The average molecular weight is 524 g/mol. The number of anilines is 3. The van der Waals surface area contributed by atoms with E-state index < -0.39 is 46.6 Å². The van der Waals surface area contributed by atoms with Crippen molar-refractivity contribution >= 4 is 23.2 Å². The van der Waals surface area contributed by atoms with Gasteiger partial charge in [-0.25, -0.2) is 19.7 Å². The summed E-state index contributed by atoms with van der Waals surface area (Å²) in [5, 5.41) is 9.95. The van der Waals surface area contributed by atoms with Crippen LogP contribution in [0.15, 0.2) is 55.1 Å². The van der Waals surface area contributed by atoms with Crippen LogP contribution < -0.4 is 10.6 Å². The summed E-state index contributed by atoms with van der Waals surface area (Å²) in [6.45, 7) is 3.02. The normalized spacial score (nSPS) is 12.1. The van der Waals surface area contributed by atoms with Crippen LogP contribution in [-0.4, -0.2) is 30.3 Å². The molecule has 0 aliphatic carbocycles. The third kappa shape index (κ3) is 4.81. The SMILES string of the molecule is Cc1nccn1-c1cc(N(C(=O)O)c2c(N)cc(-n3ccnc3C)cc2C(F)(F)F)cc(C(F)(F)F)c1. The Balaban J connectivity index is 2.02. The number of nitrogen functional groups attached to an aromatic ring is 1. The van der Waals surface area contributed by atoms with Crippen molar-refractivity contribution < 1.29 is 36.2 Å². The van der Waals surface area contributed by atoms with Gasteiger partial charge in [0.2, 0.25) is 0 Å². The van der Waals surface area contributed by atoms with Crippen LogP contribution in [0.1, 0.15) is 22.8 Å². The molecular formula is C23H18F6N6O2. The molecule has 0 atom stereocenters. The van der Waals surface area contributed by atoms with Crippen molar-refractivity contribution in [2.75, 3.05) is 10.6 Å². The van der Waals surface area contributed by atoms with Gasteiger partial charge in [-0.3, -0.25) is 0 Å². The van der Waals surface area contributed by atoms with Gasteiger partial charge in [0, 0.05) is 36.2 Å². The maximum Gasteiger partial charge on any atom is 0.418 e. The first kappa shape index (κ1) is 25.6. The fourth-order valence-corrected chi connectivity index (χ4v) is 3.91. The van der Waals surface area contributed by atoms with Crippen molar-refractivity contribution in [3.63, 3.8) is 0 Å². The van der Waals surface area contributed by atoms with Crippen LogP contribution in [0, 0.1) is 13.8 Å². The number of imidazole rings is 2. The Hall–Kier alpha value is -4.49. The molecular weight excluding hydrogens is 506 g/mol. The van der Waals surface area contributed by atoms with Crippen molar-refractivity contribution in [3.8, 4) is 11.4 Å². The number of carbonyl (C=O) groups is 1. The Morgan fingerprint density at radius 3 is 1.84 bits per heavy atom. The highest BCUT2D eigenvalue weighted by atomic mass is 19.4. The number of aryl methyl sites for hydroxylation is 2. The fourth-order valence-electron chi connectivity index (χ4n) is 3.91. The number of hydrogen-bond donors (Lipinski definition) is 2. The third-order valence-electron chi connectivity index (χ3n) is 5.54. The van der Waals surface area contributed by atoms with Crippen molar-refractivity contribution in [1.29, 1.82) is 0 Å². The Kier molecular flexibility index (Phi) is 6.14. The van der Waals surface area contributed by atoms with E-state index in [2.05, 4.69) is 9.97 Å². The van der Waals surface area contributed by atoms with E-state index in [4.69, 9.17) is 5.73 Å². The number of hydrogen-bond acceptors (Lipinski definition) is 4. The Morgan fingerprint density at radius 1 is 0.865 bits per heavy atom. The van der Waals surface area contributed by atoms with Gasteiger partial charge in [-0.05, 0) is 44.2 Å². The molecule has 0 bridgehead atoms. The summed E-state index contributed by atoms with van der Waals surface area (Å²) < 4.78 is 86.4. The van der Waals surface area contributed by atoms with Gasteiger partial charge in [0.15, 0.2) is 0 Å². The first-order chi connectivity index (χ1) is 17.2. The number of carboxylic acid groups (broad SMARTS) is 1. The number of benzene rings is 2. The highest BCUT2D eigenvalue weighted by Gasteiger charge is 2.40. The number of halogens is 6. The molecule has 0 unspecified atom stereocenters. The summed E-state index contributed by atoms with van der Waals surface area (Å²) in [7, 11) is 0. The number of amides is 1. The maximum absolute atomic E-state index is 14.2. The van der Waals surface area contributed by atoms with Crippen LogP contribution in [-0.2, 0) is 12.4 Å². The predicted molar refractivity (Wildman–Crippen MR) is 121 cm³/mol. The molecule has 8 nitrogen and oxygen atoms in total. The van der Waals surface area contributed by atoms with E-state index in [1.165, 1.54) is 47.8 Å². The van der Waals surface area contributed by atoms with E-state index in [0.717, 1.165) is 18.2 Å². The van der Waals surface area contributed by atoms with Gasteiger partial charge in [0.05, 0.1) is 28.2 Å². The van der Waals surface area contributed by atoms with Crippen LogP contribution >= 0.6 is 0 Å². The van der Waals surface area contributed by atoms with Gasteiger partial charge >= 0.3 is 18.4 Å². The van der Waals surface area contributed by atoms with Gasteiger partial charge in [-0.15, -0.1) is 0 Å². The van der Waals surface area contributed by atoms with Crippen molar-refractivity contribution in [2.24, 2.45) is 0 Å². The summed E-state index contributed by atoms with van der Waals surface area (Å²) in [6.07, 6.45) is -6.67. The molecule has 2 aromatic carbocycles. The molecule has 0 radical (unpaired) electrons. The summed E-state index contributed by atoms with van der Waals surface area (Å²) in [6, 6.07) is 3.93. The molecule has 3 N–H and O–H groups in total. The summed E-state index contributed by atoms with van der Waals surface area (Å²) >= 11 is 0. The van der Waals surface area contributed by atoms with Crippen LogP contribution in [0.5, 0.6) is 0 Å². The standard InChI is InChI=1S/C23H18F6N6O2/c1-12-31-3-5-33(12)15-7-14(22(24,25)26)8-17(9-15)35(21(36)37)20-18(23(27,28)29)10-16(11-19(20)30)34-6-4-32-13(34)2/h3-11H,30H2,1-2H3,(H,36,37). The Bertz CT molecular complexity index is 1490. The van der Waals surface area contributed by atoms with Gasteiger partial charge in [-0.2, -0.15) is 26.3 Å². The monoisotopic (exact) mass is 524 g/mol. The molecule has 0 aliphatic rings. The second kappa shape index (κ2) is 8.87. The molecule has 4 aromatic rings. The lowest BCUT2D eigenvalue weighted by molar-refractivity contribution is -0.138. The summed E-state index contributed by atoms with van der Waals surface area (Å²) in [4.78, 5) is 20.3. The molecule has 0 aliphatic heterocycles. The highest BCUT2D eigenvalue weighted by molar-refractivity contribution is 6.00. The lowest BCUT2D eigenvalue weighted by atomic mass is 10.1. The van der Waals surface area contributed by atoms with Crippen LogP contribution in [0.25, 0.3) is 11.4 Å². The van der Waals surface area contributed by atoms with E-state index in [1.807, 2.05) is 0 Å². The molecule has 0 saturated heterocycles. The predicted octanol–water partition coefficient (Wildman–Crippen LogP) is 6.11. The van der Waals surface area contributed by atoms with Gasteiger partial charge < -0.3 is 20.0 Å². The van der Waals surface area contributed by atoms with Crippen molar-refractivity contribution in [1.82, 2.24) is 19.1 Å². The summed E-state index contributed by atoms with van der Waals surface area (Å²) in [5.41, 5.74) is 0.628. The second-order valence-electron chi connectivity index (χ2n) is 7.97. The van der Waals surface area contributed by atoms with E-state index in [0.29, 0.717) is 18.0 Å². The highest BCUT2D eigenvalue weighted by Crippen LogP contribution is 2.45. The van der Waals surface area contributed by atoms with E-state index in [9.17, 15) is 36.2 Å². The zero-order chi connectivity index (χ0) is 27.3. The molecule has 0 saturated carbocycles. The molecule has 0 spiro atoms. The van der Waals surface area contributed by atoms with Crippen molar-refractivity contribution in [2.45, 2.75) is 26.2 Å². The van der Waals surface area contributed by atoms with Crippen LogP contribution in [0.3, 0.4) is 0 Å². The van der Waals surface area contributed by atoms with Crippen LogP contribution in [0.2, 0.25) is 0 Å². The molecule has 2 aromatic heterocycles. The Morgan fingerprint density at radius 2 is 1.41 bits per heavy atom. The average Bonchev–Trinajstić information content (AvgIpc) is 3.41. The fraction of sp³-hybridized carbons (Fsp3) is 0.174. The quantitative estimate of drug-likeness (QED) is 0.248. The molecule has 14 heteroatoms. The number of nitrogens with zero attached hydrogens (tertiary/aromatic N) is 5. The van der Waals surface area contributed by atoms with Crippen LogP contribution in [0.4, 0.5) is 48.2 Å². The zero-order valence-corrected chi connectivity index (χ0v) is 19.1. The zero-order valence-electron chi connectivity index (χ0n) is 19.1. The molecule has 0 fully saturated rings. The second-order valence-corrected chi connectivity index (χ2v) is 7.97. The topological polar surface area (TPSA) is 102 Å². The lowest BCUT2D eigenvalue weighted by Crippen LogP contribution is -2.28. The minimum Gasteiger partial charge on any atom is -0.464 e. The molecule has 194 valence electrons. The van der Waals surface area contributed by atoms with E-state index in [1.54, 1.807) is 0 Å². The Labute approximate surface area is 205 Å². The van der Waals surface area contributed by atoms with Gasteiger partial charge in [0.1, 0.15) is 11.6 Å². The molecule has 4 rings (SSSR count). The van der Waals surface area contributed by atoms with Gasteiger partial charge in [-0.1, -0.05) is 0 Å². The molecule has 2 heterocycles. The van der Waals surface area contributed by atoms with Gasteiger partial charge in [0.25, 0.3) is 0 Å². The van der Waals surface area contributed by atoms with E-state index in [-0.39, 0.29) is 22.1 Å². The number of nitrogens with two attached hydrogens (primary N) is 1. The third-order valence-corrected chi connectivity index (χ3v) is 5.54. The minimum atomic E-state index is -5.12. The summed E-state index contributed by atoms with van der Waals surface area (Å²) in [5.74, 6) is 0.594. The largest absolute Gasteiger partial charge is 0.464 e. The molecule has 37 heavy (non-hydrogen) atoms.